The molecule has 4 aliphatic rings. The highest BCUT2D eigenvalue weighted by atomic mass is 19.1. The van der Waals surface area contributed by atoms with Crippen LogP contribution in [0.4, 0.5) is 4.39 Å². The van der Waals surface area contributed by atoms with Gasteiger partial charge in [-0.2, -0.15) is 0 Å². The number of carbonyl (C=O) groups is 2. The first kappa shape index (κ1) is 19.3. The topological polar surface area (TPSA) is 54.4 Å². The number of Topliss-reactive ketones (excluding diaryl/α,β-unsaturated/α-hetero) is 1. The van der Waals surface area contributed by atoms with Crippen LogP contribution >= 0.6 is 0 Å². The molecule has 3 fully saturated rings. The van der Waals surface area contributed by atoms with E-state index in [-0.39, 0.29) is 40.8 Å². The Bertz CT molecular complexity index is 671. The zero-order valence-electron chi connectivity index (χ0n) is 16.7. The largest absolute Gasteiger partial charge is 0.395 e. The average Bonchev–Trinajstić information content (AvgIpc) is 2.99. The van der Waals surface area contributed by atoms with Gasteiger partial charge in [-0.25, -0.2) is 4.39 Å². The molecular formula is C23H33FO3. The number of hydrogen-bond donors (Lipinski definition) is 1. The summed E-state index contributed by atoms with van der Waals surface area (Å²) < 4.78 is 13.4. The molecule has 0 aromatic heterocycles. The maximum atomic E-state index is 13.4. The highest BCUT2D eigenvalue weighted by Gasteiger charge is 2.63. The van der Waals surface area contributed by atoms with Crippen LogP contribution in [-0.2, 0) is 9.59 Å². The van der Waals surface area contributed by atoms with Crippen LogP contribution in [0, 0.1) is 40.4 Å². The van der Waals surface area contributed by atoms with Crippen LogP contribution in [0.5, 0.6) is 0 Å². The molecule has 7 atom stereocenters. The second-order valence-corrected chi connectivity index (χ2v) is 9.89. The van der Waals surface area contributed by atoms with E-state index >= 15 is 0 Å². The van der Waals surface area contributed by atoms with Crippen molar-refractivity contribution in [2.24, 2.45) is 40.4 Å². The third-order valence-corrected chi connectivity index (χ3v) is 9.15. The molecule has 0 aromatic carbocycles. The predicted molar refractivity (Wildman–Crippen MR) is 102 cm³/mol. The van der Waals surface area contributed by atoms with Gasteiger partial charge >= 0.3 is 0 Å². The van der Waals surface area contributed by atoms with Gasteiger partial charge in [-0.3, -0.25) is 9.59 Å². The Kier molecular flexibility index (Phi) is 4.85. The van der Waals surface area contributed by atoms with Gasteiger partial charge in [0.05, 0.1) is 6.61 Å². The molecule has 0 amide bonds. The number of ketones is 2. The lowest BCUT2D eigenvalue weighted by molar-refractivity contribution is -0.134. The summed E-state index contributed by atoms with van der Waals surface area (Å²) in [7, 11) is 0. The van der Waals surface area contributed by atoms with Crippen LogP contribution in [0.25, 0.3) is 0 Å². The summed E-state index contributed by atoms with van der Waals surface area (Å²) >= 11 is 0. The highest BCUT2D eigenvalue weighted by Crippen LogP contribution is 2.68. The summed E-state index contributed by atoms with van der Waals surface area (Å²) in [6.07, 6.45) is 8.93. The number of fused-ring (bicyclic) bond motifs is 5. The molecule has 0 bridgehead atoms. The van der Waals surface area contributed by atoms with Crippen molar-refractivity contribution in [1.82, 2.24) is 0 Å². The second kappa shape index (κ2) is 6.79. The minimum atomic E-state index is -0.840. The smallest absolute Gasteiger partial charge is 0.167 e. The molecule has 0 unspecified atom stereocenters. The van der Waals surface area contributed by atoms with E-state index in [0.717, 1.165) is 44.9 Å². The average molecular weight is 377 g/mol. The molecule has 27 heavy (non-hydrogen) atoms. The summed E-state index contributed by atoms with van der Waals surface area (Å²) in [5, 5.41) is 10.4. The Morgan fingerprint density at radius 2 is 2.04 bits per heavy atom. The summed E-state index contributed by atoms with van der Waals surface area (Å²) in [4.78, 5) is 24.5. The number of alkyl halides is 1. The third kappa shape index (κ3) is 2.62. The van der Waals surface area contributed by atoms with Gasteiger partial charge in [-0.15, -0.1) is 0 Å². The summed E-state index contributed by atoms with van der Waals surface area (Å²) in [6.45, 7) is 3.65. The molecule has 3 saturated carbocycles. The first-order valence-electron chi connectivity index (χ1n) is 10.8. The molecule has 150 valence electrons. The monoisotopic (exact) mass is 376 g/mol. The standard InChI is InChI=1S/C23H33FO3/c1-3-14-10-19-17-5-4-15-11-16(26)6-9-23(15,13-25)18(17)7-8-22(19,2)21(14)20(27)12-24/h11,14,17-19,21,25H,3-10,12-13H2,1-2H3/t14-,17-,18+,19+,21-,22+,23-/m1/s1. The Labute approximate surface area is 161 Å². The van der Waals surface area contributed by atoms with E-state index in [1.54, 1.807) is 0 Å². The summed E-state index contributed by atoms with van der Waals surface area (Å²) in [5.74, 6) is 1.46. The molecule has 4 heteroatoms. The van der Waals surface area contributed by atoms with Crippen molar-refractivity contribution in [1.29, 1.82) is 0 Å². The van der Waals surface area contributed by atoms with Crippen molar-refractivity contribution in [3.05, 3.63) is 11.6 Å². The Balaban J connectivity index is 1.70. The fourth-order valence-corrected chi connectivity index (χ4v) is 7.95. The van der Waals surface area contributed by atoms with E-state index in [1.165, 1.54) is 5.57 Å². The van der Waals surface area contributed by atoms with E-state index < -0.39 is 6.67 Å². The van der Waals surface area contributed by atoms with Gasteiger partial charge in [0.2, 0.25) is 0 Å². The molecule has 4 aliphatic carbocycles. The molecule has 0 aromatic rings. The van der Waals surface area contributed by atoms with Crippen LogP contribution in [0.3, 0.4) is 0 Å². The molecule has 0 spiro atoms. The van der Waals surface area contributed by atoms with Gasteiger partial charge in [0.25, 0.3) is 0 Å². The van der Waals surface area contributed by atoms with Gasteiger partial charge < -0.3 is 5.11 Å². The second-order valence-electron chi connectivity index (χ2n) is 9.89. The zero-order chi connectivity index (χ0) is 19.4. The van der Waals surface area contributed by atoms with E-state index in [0.29, 0.717) is 24.2 Å². The Hall–Kier alpha value is -1.03. The number of aliphatic hydroxyl groups excluding tert-OH is 1. The number of halogens is 1. The Morgan fingerprint density at radius 1 is 1.26 bits per heavy atom. The molecular weight excluding hydrogens is 343 g/mol. The summed E-state index contributed by atoms with van der Waals surface area (Å²) in [6, 6.07) is 0. The van der Waals surface area contributed by atoms with Gasteiger partial charge in [-0.1, -0.05) is 25.8 Å². The molecule has 3 nitrogen and oxygen atoms in total. The van der Waals surface area contributed by atoms with E-state index in [1.807, 2.05) is 6.08 Å². The fraction of sp³-hybridized carbons (Fsp3) is 0.826. The van der Waals surface area contributed by atoms with Gasteiger partial charge in [0.15, 0.2) is 11.6 Å². The predicted octanol–water partition coefficient (Wildman–Crippen LogP) is 4.28. The molecule has 0 radical (unpaired) electrons. The maximum Gasteiger partial charge on any atom is 0.167 e. The number of hydrogen-bond acceptors (Lipinski definition) is 3. The Morgan fingerprint density at radius 3 is 2.70 bits per heavy atom. The lowest BCUT2D eigenvalue weighted by Gasteiger charge is -2.58. The molecule has 0 heterocycles. The SMILES string of the molecule is CC[C@@H]1C[C@H]2[C@@H]3CCC4=CC(=O)CC[C@]4(CO)[C@H]3CC[C@]2(C)[C@H]1C(=O)CF. The minimum absolute atomic E-state index is 0.104. The summed E-state index contributed by atoms with van der Waals surface area (Å²) in [5.41, 5.74) is 0.836. The van der Waals surface area contributed by atoms with Gasteiger partial charge in [-0.05, 0) is 73.7 Å². The van der Waals surface area contributed by atoms with Crippen LogP contribution < -0.4 is 0 Å². The van der Waals surface area contributed by atoms with Crippen molar-refractivity contribution < 1.29 is 19.1 Å². The van der Waals surface area contributed by atoms with Crippen LogP contribution in [-0.4, -0.2) is 30.0 Å². The minimum Gasteiger partial charge on any atom is -0.395 e. The maximum absolute atomic E-state index is 13.4. The molecule has 4 rings (SSSR count). The van der Waals surface area contributed by atoms with Gasteiger partial charge in [0.1, 0.15) is 6.67 Å². The first-order valence-corrected chi connectivity index (χ1v) is 10.8. The zero-order valence-corrected chi connectivity index (χ0v) is 16.7. The van der Waals surface area contributed by atoms with E-state index in [4.69, 9.17) is 0 Å². The molecule has 1 N–H and O–H groups in total. The number of rotatable bonds is 4. The van der Waals surface area contributed by atoms with E-state index in [2.05, 4.69) is 13.8 Å². The van der Waals surface area contributed by atoms with Crippen LogP contribution in [0.2, 0.25) is 0 Å². The van der Waals surface area contributed by atoms with Crippen molar-refractivity contribution in [3.8, 4) is 0 Å². The lowest BCUT2D eigenvalue weighted by atomic mass is 9.46. The fourth-order valence-electron chi connectivity index (χ4n) is 7.95. The number of aliphatic hydroxyl groups is 1. The quantitative estimate of drug-likeness (QED) is 0.797. The van der Waals surface area contributed by atoms with Crippen LogP contribution in [0.15, 0.2) is 11.6 Å². The van der Waals surface area contributed by atoms with Gasteiger partial charge in [0, 0.05) is 17.8 Å². The van der Waals surface area contributed by atoms with Crippen molar-refractivity contribution >= 4 is 11.6 Å². The first-order chi connectivity index (χ1) is 12.9. The van der Waals surface area contributed by atoms with Crippen molar-refractivity contribution in [2.75, 3.05) is 13.3 Å². The highest BCUT2D eigenvalue weighted by molar-refractivity contribution is 5.91. The van der Waals surface area contributed by atoms with Crippen LogP contribution in [0.1, 0.15) is 65.2 Å². The van der Waals surface area contributed by atoms with Crippen molar-refractivity contribution in [2.45, 2.75) is 65.2 Å². The normalized spacial score (nSPS) is 46.3. The van der Waals surface area contributed by atoms with Crippen molar-refractivity contribution in [3.63, 3.8) is 0 Å². The number of carbonyl (C=O) groups excluding carboxylic acids is 2. The molecule has 0 aliphatic heterocycles. The lowest BCUT2D eigenvalue weighted by Crippen LogP contribution is -2.53. The third-order valence-electron chi connectivity index (χ3n) is 9.15. The van der Waals surface area contributed by atoms with E-state index in [9.17, 15) is 19.1 Å². The molecule has 0 saturated heterocycles.